The average molecular weight is 224 g/mol. The maximum Gasteiger partial charge on any atom is 0.221 e. The molecular weight excluding hydrogens is 207 g/mol. The molecule has 0 atom stereocenters. The molecular formula is C12H17FN2O. The van der Waals surface area contributed by atoms with Crippen molar-refractivity contribution in [2.45, 2.75) is 26.2 Å². The average Bonchev–Trinajstić information content (AvgIpc) is 2.22. The summed E-state index contributed by atoms with van der Waals surface area (Å²) in [5.74, 6) is -0.427. The minimum Gasteiger partial charge on any atom is -0.330 e. The van der Waals surface area contributed by atoms with Gasteiger partial charge in [-0.25, -0.2) is 4.39 Å². The Labute approximate surface area is 94.8 Å². The van der Waals surface area contributed by atoms with Gasteiger partial charge in [0.25, 0.3) is 0 Å². The molecule has 3 nitrogen and oxygen atoms in total. The van der Waals surface area contributed by atoms with Crippen molar-refractivity contribution >= 4 is 11.6 Å². The second-order valence-corrected chi connectivity index (χ2v) is 3.73. The number of anilines is 1. The Morgan fingerprint density at radius 1 is 1.44 bits per heavy atom. The highest BCUT2D eigenvalue weighted by molar-refractivity contribution is 5.89. The van der Waals surface area contributed by atoms with Crippen LogP contribution in [0.2, 0.25) is 0 Å². The fourth-order valence-corrected chi connectivity index (χ4v) is 1.54. The van der Waals surface area contributed by atoms with Crippen LogP contribution in [0.4, 0.5) is 10.1 Å². The van der Waals surface area contributed by atoms with Crippen molar-refractivity contribution < 1.29 is 9.18 Å². The maximum absolute atomic E-state index is 13.1. The third kappa shape index (κ3) is 3.98. The number of hydrogen-bond donors (Lipinski definition) is 2. The molecule has 0 spiro atoms. The molecule has 0 fully saturated rings. The summed E-state index contributed by atoms with van der Waals surface area (Å²) in [5, 5.41) is 2.69. The Balaban J connectivity index is 2.76. The van der Waals surface area contributed by atoms with Crippen molar-refractivity contribution in [3.8, 4) is 0 Å². The molecule has 0 saturated heterocycles. The number of carbonyl (C=O) groups excluding carboxylic acids is 1. The highest BCUT2D eigenvalue weighted by atomic mass is 19.1. The topological polar surface area (TPSA) is 55.1 Å². The molecule has 0 saturated carbocycles. The molecule has 0 aliphatic rings. The molecule has 88 valence electrons. The van der Waals surface area contributed by atoms with Gasteiger partial charge in [-0.05, 0) is 49.6 Å². The van der Waals surface area contributed by atoms with Crippen LogP contribution < -0.4 is 11.1 Å². The molecule has 1 rings (SSSR count). The van der Waals surface area contributed by atoms with Gasteiger partial charge in [-0.3, -0.25) is 4.79 Å². The van der Waals surface area contributed by atoms with Crippen molar-refractivity contribution in [2.24, 2.45) is 5.73 Å². The first kappa shape index (κ1) is 12.6. The van der Waals surface area contributed by atoms with Gasteiger partial charge in [0.2, 0.25) is 5.91 Å². The predicted molar refractivity (Wildman–Crippen MR) is 62.7 cm³/mol. The Bertz CT molecular complexity index is 366. The molecule has 0 radical (unpaired) electrons. The number of hydrogen-bond acceptors (Lipinski definition) is 2. The quantitative estimate of drug-likeness (QED) is 0.752. The van der Waals surface area contributed by atoms with E-state index in [1.54, 1.807) is 6.07 Å². The number of carbonyl (C=O) groups is 1. The lowest BCUT2D eigenvalue weighted by molar-refractivity contribution is -0.114. The molecule has 0 aliphatic heterocycles. The molecule has 4 heteroatoms. The van der Waals surface area contributed by atoms with Crippen LogP contribution in [0.15, 0.2) is 18.2 Å². The summed E-state index contributed by atoms with van der Waals surface area (Å²) in [6, 6.07) is 4.40. The fourth-order valence-electron chi connectivity index (χ4n) is 1.54. The second kappa shape index (κ2) is 6.23. The molecule has 1 aromatic carbocycles. The van der Waals surface area contributed by atoms with E-state index in [1.165, 1.54) is 19.1 Å². The summed E-state index contributed by atoms with van der Waals surface area (Å²) in [6.45, 7) is 2.07. The molecule has 0 bridgehead atoms. The van der Waals surface area contributed by atoms with Gasteiger partial charge in [0.05, 0.1) is 0 Å². The zero-order valence-electron chi connectivity index (χ0n) is 9.42. The number of unbranched alkanes of at least 4 members (excludes halogenated alkanes) is 1. The lowest BCUT2D eigenvalue weighted by Crippen LogP contribution is -2.09. The van der Waals surface area contributed by atoms with Crippen LogP contribution in [0.3, 0.4) is 0 Å². The minimum atomic E-state index is -0.281. The Hall–Kier alpha value is -1.42. The molecule has 1 aromatic rings. The first-order valence-electron chi connectivity index (χ1n) is 5.39. The summed E-state index contributed by atoms with van der Waals surface area (Å²) in [5.41, 5.74) is 6.91. The molecule has 3 N–H and O–H groups in total. The number of rotatable bonds is 5. The first-order chi connectivity index (χ1) is 7.63. The summed E-state index contributed by atoms with van der Waals surface area (Å²) in [7, 11) is 0. The van der Waals surface area contributed by atoms with Crippen molar-refractivity contribution in [3.05, 3.63) is 29.6 Å². The summed E-state index contributed by atoms with van der Waals surface area (Å²) in [6.07, 6.45) is 2.52. The number of amides is 1. The van der Waals surface area contributed by atoms with Crippen LogP contribution in [0, 0.1) is 5.82 Å². The van der Waals surface area contributed by atoms with Crippen LogP contribution >= 0.6 is 0 Å². The fraction of sp³-hybridized carbons (Fsp3) is 0.417. The molecule has 0 aliphatic carbocycles. The van der Waals surface area contributed by atoms with E-state index in [9.17, 15) is 9.18 Å². The summed E-state index contributed by atoms with van der Waals surface area (Å²) in [4.78, 5) is 11.0. The number of aryl methyl sites for hydroxylation is 1. The monoisotopic (exact) mass is 224 g/mol. The van der Waals surface area contributed by atoms with Crippen molar-refractivity contribution in [1.29, 1.82) is 0 Å². The van der Waals surface area contributed by atoms with Gasteiger partial charge in [-0.1, -0.05) is 0 Å². The summed E-state index contributed by atoms with van der Waals surface area (Å²) >= 11 is 0. The zero-order chi connectivity index (χ0) is 12.0. The molecule has 0 aromatic heterocycles. The van der Waals surface area contributed by atoms with E-state index < -0.39 is 0 Å². The van der Waals surface area contributed by atoms with Crippen molar-refractivity contribution in [3.63, 3.8) is 0 Å². The van der Waals surface area contributed by atoms with Crippen LogP contribution in [0.1, 0.15) is 25.3 Å². The van der Waals surface area contributed by atoms with E-state index in [1.807, 2.05) is 0 Å². The van der Waals surface area contributed by atoms with Gasteiger partial charge in [0, 0.05) is 12.6 Å². The van der Waals surface area contributed by atoms with Gasteiger partial charge in [0.1, 0.15) is 5.82 Å². The Morgan fingerprint density at radius 3 is 2.81 bits per heavy atom. The number of nitrogens with two attached hydrogens (primary N) is 1. The number of halogens is 1. The van der Waals surface area contributed by atoms with Gasteiger partial charge in [-0.15, -0.1) is 0 Å². The second-order valence-electron chi connectivity index (χ2n) is 3.73. The van der Waals surface area contributed by atoms with Gasteiger partial charge in [-0.2, -0.15) is 0 Å². The van der Waals surface area contributed by atoms with Crippen LogP contribution in [0.25, 0.3) is 0 Å². The standard InChI is InChI=1S/C12H17FN2O/c1-9(16)15-12-6-5-11(13)8-10(12)4-2-3-7-14/h5-6,8H,2-4,7,14H2,1H3,(H,15,16). The smallest absolute Gasteiger partial charge is 0.221 e. The maximum atomic E-state index is 13.1. The van der Waals surface area contributed by atoms with Gasteiger partial charge >= 0.3 is 0 Å². The Morgan fingerprint density at radius 2 is 2.19 bits per heavy atom. The predicted octanol–water partition coefficient (Wildman–Crippen LogP) is 2.07. The van der Waals surface area contributed by atoms with E-state index in [0.29, 0.717) is 12.2 Å². The van der Waals surface area contributed by atoms with Crippen molar-refractivity contribution in [1.82, 2.24) is 0 Å². The molecule has 0 heterocycles. The molecule has 0 unspecified atom stereocenters. The highest BCUT2D eigenvalue weighted by Gasteiger charge is 2.05. The minimum absolute atomic E-state index is 0.147. The molecule has 16 heavy (non-hydrogen) atoms. The van der Waals surface area contributed by atoms with Crippen LogP contribution in [-0.4, -0.2) is 12.5 Å². The molecule has 1 amide bonds. The van der Waals surface area contributed by atoms with Gasteiger partial charge < -0.3 is 11.1 Å². The van der Waals surface area contributed by atoms with E-state index in [4.69, 9.17) is 5.73 Å². The van der Waals surface area contributed by atoms with Crippen molar-refractivity contribution in [2.75, 3.05) is 11.9 Å². The highest BCUT2D eigenvalue weighted by Crippen LogP contribution is 2.19. The summed E-state index contributed by atoms with van der Waals surface area (Å²) < 4.78 is 13.1. The normalized spacial score (nSPS) is 10.2. The van der Waals surface area contributed by atoms with Crippen LogP contribution in [0.5, 0.6) is 0 Å². The van der Waals surface area contributed by atoms with Gasteiger partial charge in [0.15, 0.2) is 0 Å². The third-order valence-corrected chi connectivity index (χ3v) is 2.28. The lowest BCUT2D eigenvalue weighted by Gasteiger charge is -2.09. The Kier molecular flexibility index (Phi) is 4.92. The van der Waals surface area contributed by atoms with E-state index in [0.717, 1.165) is 24.8 Å². The number of benzene rings is 1. The van der Waals surface area contributed by atoms with Crippen LogP contribution in [-0.2, 0) is 11.2 Å². The van der Waals surface area contributed by atoms with E-state index in [-0.39, 0.29) is 11.7 Å². The first-order valence-corrected chi connectivity index (χ1v) is 5.39. The SMILES string of the molecule is CC(=O)Nc1ccc(F)cc1CCCCN. The third-order valence-electron chi connectivity index (χ3n) is 2.28. The van der Waals surface area contributed by atoms with E-state index >= 15 is 0 Å². The van der Waals surface area contributed by atoms with E-state index in [2.05, 4.69) is 5.32 Å². The number of nitrogens with one attached hydrogen (secondary N) is 1. The lowest BCUT2D eigenvalue weighted by atomic mass is 10.1. The largest absolute Gasteiger partial charge is 0.330 e. The zero-order valence-corrected chi connectivity index (χ0v) is 9.42.